The number of aromatic nitrogens is 1. The molecule has 4 rings (SSSR count). The number of nitrogens with zero attached hydrogens (tertiary/aromatic N) is 1. The second-order valence-electron chi connectivity index (χ2n) is 7.87. The highest BCUT2D eigenvalue weighted by atomic mass is 35.5. The van der Waals surface area contributed by atoms with Gasteiger partial charge in [-0.05, 0) is 49.2 Å². The number of fused-ring (bicyclic) bond motifs is 1. The van der Waals surface area contributed by atoms with Gasteiger partial charge in [0, 0.05) is 40.9 Å². The van der Waals surface area contributed by atoms with Gasteiger partial charge in [0.1, 0.15) is 0 Å². The van der Waals surface area contributed by atoms with E-state index in [0.717, 1.165) is 18.2 Å². The molecule has 174 valence electrons. The van der Waals surface area contributed by atoms with Crippen LogP contribution in [0, 0.1) is 0 Å². The van der Waals surface area contributed by atoms with E-state index in [4.69, 9.17) is 25.8 Å². The number of carbonyl (C=O) groups is 1. The maximum absolute atomic E-state index is 13.1. The summed E-state index contributed by atoms with van der Waals surface area (Å²) in [6.07, 6.45) is 1.76. The van der Waals surface area contributed by atoms with Gasteiger partial charge in [-0.2, -0.15) is 0 Å². The molecule has 1 atom stereocenters. The lowest BCUT2D eigenvalue weighted by Gasteiger charge is -2.26. The first-order chi connectivity index (χ1) is 16.0. The van der Waals surface area contributed by atoms with Gasteiger partial charge in [-0.1, -0.05) is 11.6 Å². The van der Waals surface area contributed by atoms with Crippen molar-refractivity contribution in [3.63, 3.8) is 0 Å². The lowest BCUT2D eigenvalue weighted by molar-refractivity contribution is 0.0818. The highest BCUT2D eigenvalue weighted by Gasteiger charge is 2.24. The van der Waals surface area contributed by atoms with Crippen LogP contribution in [-0.2, 0) is 11.3 Å². The van der Waals surface area contributed by atoms with Crippen LogP contribution in [0.15, 0.2) is 47.3 Å². The normalized spacial score (nSPS) is 15.4. The fourth-order valence-corrected chi connectivity index (χ4v) is 4.02. The molecule has 0 saturated carbocycles. The van der Waals surface area contributed by atoms with E-state index in [1.807, 2.05) is 0 Å². The summed E-state index contributed by atoms with van der Waals surface area (Å²) in [5.74, 6) is 1.08. The Morgan fingerprint density at radius 1 is 1.18 bits per heavy atom. The molecule has 1 fully saturated rings. The molecule has 1 saturated heterocycles. The van der Waals surface area contributed by atoms with Gasteiger partial charge in [-0.15, -0.1) is 0 Å². The molecular weight excluding hydrogens is 446 g/mol. The molecular formula is C24H26ClN3O5. The summed E-state index contributed by atoms with van der Waals surface area (Å²) in [5.41, 5.74) is 1.43. The minimum atomic E-state index is -0.320. The first-order valence-corrected chi connectivity index (χ1v) is 11.1. The molecule has 2 N–H and O–H groups in total. The molecule has 1 aliphatic rings. The van der Waals surface area contributed by atoms with Crippen molar-refractivity contribution in [1.82, 2.24) is 9.88 Å². The van der Waals surface area contributed by atoms with E-state index < -0.39 is 0 Å². The zero-order valence-electron chi connectivity index (χ0n) is 18.5. The Morgan fingerprint density at radius 2 is 1.91 bits per heavy atom. The summed E-state index contributed by atoms with van der Waals surface area (Å²) in [6, 6.07) is 11.8. The third-order valence-electron chi connectivity index (χ3n) is 5.62. The molecule has 1 aliphatic heterocycles. The number of ether oxygens (including phenoxy) is 3. The summed E-state index contributed by atoms with van der Waals surface area (Å²) in [6.45, 7) is 1.18. The quantitative estimate of drug-likeness (QED) is 0.532. The monoisotopic (exact) mass is 471 g/mol. The van der Waals surface area contributed by atoms with Gasteiger partial charge in [0.2, 0.25) is 0 Å². The number of H-pyrrole nitrogens is 1. The van der Waals surface area contributed by atoms with Gasteiger partial charge in [-0.3, -0.25) is 4.79 Å². The topological polar surface area (TPSA) is 92.9 Å². The van der Waals surface area contributed by atoms with Crippen LogP contribution in [0.5, 0.6) is 11.5 Å². The number of anilines is 1. The van der Waals surface area contributed by atoms with Crippen LogP contribution < -0.4 is 20.3 Å². The van der Waals surface area contributed by atoms with Crippen molar-refractivity contribution in [2.45, 2.75) is 25.5 Å². The van der Waals surface area contributed by atoms with E-state index in [0.29, 0.717) is 46.4 Å². The van der Waals surface area contributed by atoms with E-state index in [1.165, 1.54) is 0 Å². The zero-order valence-corrected chi connectivity index (χ0v) is 19.3. The lowest BCUT2D eigenvalue weighted by Crippen LogP contribution is -2.40. The summed E-state index contributed by atoms with van der Waals surface area (Å²) in [7, 11) is 3.10. The summed E-state index contributed by atoms with van der Waals surface area (Å²) < 4.78 is 16.4. The number of rotatable bonds is 7. The molecule has 0 bridgehead atoms. The third kappa shape index (κ3) is 5.40. The van der Waals surface area contributed by atoms with Gasteiger partial charge < -0.3 is 29.4 Å². The zero-order chi connectivity index (χ0) is 23.4. The first kappa shape index (κ1) is 22.9. The average Bonchev–Trinajstić information content (AvgIpc) is 3.33. The fourth-order valence-electron chi connectivity index (χ4n) is 3.89. The van der Waals surface area contributed by atoms with Crippen molar-refractivity contribution < 1.29 is 19.0 Å². The Labute approximate surface area is 196 Å². The van der Waals surface area contributed by atoms with E-state index in [2.05, 4.69) is 10.3 Å². The van der Waals surface area contributed by atoms with Crippen molar-refractivity contribution in [2.24, 2.45) is 0 Å². The molecule has 33 heavy (non-hydrogen) atoms. The van der Waals surface area contributed by atoms with Crippen molar-refractivity contribution >= 4 is 34.2 Å². The Kier molecular flexibility index (Phi) is 7.05. The number of pyridine rings is 1. The van der Waals surface area contributed by atoms with Crippen LogP contribution >= 0.6 is 11.6 Å². The molecule has 0 spiro atoms. The number of methoxy groups -OCH3 is 2. The molecule has 8 nitrogen and oxygen atoms in total. The Hall–Kier alpha value is -3.23. The van der Waals surface area contributed by atoms with Crippen molar-refractivity contribution in [1.29, 1.82) is 0 Å². The minimum Gasteiger partial charge on any atom is -0.493 e. The molecule has 0 aliphatic carbocycles. The minimum absolute atomic E-state index is 0.0649. The predicted octanol–water partition coefficient (Wildman–Crippen LogP) is 4.41. The highest BCUT2D eigenvalue weighted by Crippen LogP contribution is 2.31. The Balaban J connectivity index is 1.62. The Morgan fingerprint density at radius 3 is 2.58 bits per heavy atom. The number of carbonyl (C=O) groups excluding carboxylic acids is 1. The standard InChI is InChI=1S/C24H26ClN3O5/c1-31-21-11-15-10-16(23(29)27-20(15)12-22(21)32-2)13-28(14-19-4-3-9-33-19)24(30)26-18-7-5-17(25)6-8-18/h5-8,10-12,19H,3-4,9,13-14H2,1-2H3,(H,26,30)(H,27,29)/t19-/m1/s1. The number of amides is 2. The van der Waals surface area contributed by atoms with Gasteiger partial charge in [-0.25, -0.2) is 4.79 Å². The van der Waals surface area contributed by atoms with Crippen LogP contribution in [0.3, 0.4) is 0 Å². The molecule has 0 unspecified atom stereocenters. The highest BCUT2D eigenvalue weighted by molar-refractivity contribution is 6.30. The Bertz CT molecular complexity index is 1190. The number of hydrogen-bond donors (Lipinski definition) is 2. The summed E-state index contributed by atoms with van der Waals surface area (Å²) >= 11 is 5.94. The largest absolute Gasteiger partial charge is 0.493 e. The number of nitrogens with one attached hydrogen (secondary N) is 2. The molecule has 2 aromatic carbocycles. The van der Waals surface area contributed by atoms with Crippen molar-refractivity contribution in [3.05, 3.63) is 63.4 Å². The summed E-state index contributed by atoms with van der Waals surface area (Å²) in [4.78, 5) is 30.5. The van der Waals surface area contributed by atoms with Gasteiger partial charge in [0.25, 0.3) is 5.56 Å². The summed E-state index contributed by atoms with van der Waals surface area (Å²) in [5, 5.41) is 4.24. The molecule has 2 heterocycles. The molecule has 1 aromatic heterocycles. The van der Waals surface area contributed by atoms with Crippen LogP contribution in [0.25, 0.3) is 10.9 Å². The van der Waals surface area contributed by atoms with Gasteiger partial charge in [0.05, 0.1) is 32.4 Å². The predicted molar refractivity (Wildman–Crippen MR) is 128 cm³/mol. The van der Waals surface area contributed by atoms with Crippen molar-refractivity contribution in [3.8, 4) is 11.5 Å². The second-order valence-corrected chi connectivity index (χ2v) is 8.31. The number of urea groups is 1. The molecule has 3 aromatic rings. The number of aromatic amines is 1. The van der Waals surface area contributed by atoms with Gasteiger partial charge >= 0.3 is 6.03 Å². The maximum atomic E-state index is 13.1. The van der Waals surface area contributed by atoms with Crippen LogP contribution in [0.2, 0.25) is 5.02 Å². The average molecular weight is 472 g/mol. The fraction of sp³-hybridized carbons (Fsp3) is 0.333. The van der Waals surface area contributed by atoms with Crippen LogP contribution in [0.1, 0.15) is 18.4 Å². The SMILES string of the molecule is COc1cc2cc(CN(C[C@H]3CCCO3)C(=O)Nc3ccc(Cl)cc3)c(=O)[nH]c2cc1OC. The number of benzene rings is 2. The first-order valence-electron chi connectivity index (χ1n) is 10.7. The van der Waals surface area contributed by atoms with E-state index in [-0.39, 0.29) is 24.2 Å². The van der Waals surface area contributed by atoms with Crippen molar-refractivity contribution in [2.75, 3.05) is 32.7 Å². The molecule has 0 radical (unpaired) electrons. The van der Waals surface area contributed by atoms with E-state index in [9.17, 15) is 9.59 Å². The maximum Gasteiger partial charge on any atom is 0.322 e. The number of halogens is 1. The third-order valence-corrected chi connectivity index (χ3v) is 5.87. The molecule has 2 amide bonds. The number of hydrogen-bond acceptors (Lipinski definition) is 5. The lowest BCUT2D eigenvalue weighted by atomic mass is 10.1. The van der Waals surface area contributed by atoms with E-state index in [1.54, 1.807) is 61.6 Å². The molecule has 9 heteroatoms. The van der Waals surface area contributed by atoms with Crippen LogP contribution in [-0.4, -0.2) is 49.4 Å². The smallest absolute Gasteiger partial charge is 0.322 e. The van der Waals surface area contributed by atoms with Crippen LogP contribution in [0.4, 0.5) is 10.5 Å². The van der Waals surface area contributed by atoms with E-state index >= 15 is 0 Å². The second kappa shape index (κ2) is 10.1. The van der Waals surface area contributed by atoms with Gasteiger partial charge in [0.15, 0.2) is 11.5 Å².